The molecule has 0 saturated heterocycles. The Bertz CT molecular complexity index is 366. The van der Waals surface area contributed by atoms with Crippen molar-refractivity contribution in [2.75, 3.05) is 6.54 Å². The number of rotatable bonds is 6. The molecule has 1 aliphatic rings. The molecule has 4 heteroatoms. The number of alkyl halides is 1. The van der Waals surface area contributed by atoms with Gasteiger partial charge in [0.25, 0.3) is 0 Å². The van der Waals surface area contributed by atoms with Crippen LogP contribution in [0.25, 0.3) is 0 Å². The monoisotopic (exact) mass is 285 g/mol. The maximum atomic E-state index is 11.7. The molecule has 0 radical (unpaired) electrons. The molecule has 1 aliphatic carbocycles. The van der Waals surface area contributed by atoms with E-state index >= 15 is 0 Å². The van der Waals surface area contributed by atoms with E-state index in [9.17, 15) is 4.79 Å². The van der Waals surface area contributed by atoms with Gasteiger partial charge in [0.2, 0.25) is 5.91 Å². The molecule has 2 nitrogen and oxygen atoms in total. The fraction of sp³-hybridized carbons (Fsp3) is 0.643. The quantitative estimate of drug-likeness (QED) is 0.795. The number of amides is 1. The maximum absolute atomic E-state index is 11.7. The zero-order chi connectivity index (χ0) is 12.8. The van der Waals surface area contributed by atoms with Gasteiger partial charge in [-0.25, -0.2) is 0 Å². The van der Waals surface area contributed by atoms with E-state index < -0.39 is 0 Å². The molecule has 0 bridgehead atoms. The number of thiophene rings is 1. The summed E-state index contributed by atoms with van der Waals surface area (Å²) in [5, 5.41) is 5.44. The van der Waals surface area contributed by atoms with E-state index in [0.29, 0.717) is 17.7 Å². The van der Waals surface area contributed by atoms with Crippen LogP contribution in [-0.2, 0) is 11.2 Å². The maximum Gasteiger partial charge on any atom is 0.220 e. The van der Waals surface area contributed by atoms with E-state index in [1.54, 1.807) is 11.3 Å². The number of aryl methyl sites for hydroxylation is 1. The summed E-state index contributed by atoms with van der Waals surface area (Å²) in [4.78, 5) is 13.0. The standard InChI is InChI=1S/C14H20ClNOS/c15-12-7-6-11(9-12)10-16-14(17)5-1-3-13-4-2-8-18-13/h2,4,8,11-12H,1,3,5-7,9-10H2,(H,16,17). The molecule has 1 heterocycles. The van der Waals surface area contributed by atoms with Gasteiger partial charge in [-0.3, -0.25) is 4.79 Å². The number of carbonyl (C=O) groups excluding carboxylic acids is 1. The number of carbonyl (C=O) groups is 1. The molecule has 1 aromatic rings. The summed E-state index contributed by atoms with van der Waals surface area (Å²) in [6.07, 6.45) is 5.89. The lowest BCUT2D eigenvalue weighted by atomic mass is 10.1. The van der Waals surface area contributed by atoms with E-state index in [0.717, 1.165) is 38.6 Å². The average Bonchev–Trinajstić information content (AvgIpc) is 2.98. The molecule has 0 aromatic carbocycles. The van der Waals surface area contributed by atoms with Crippen LogP contribution in [0.1, 0.15) is 37.0 Å². The lowest BCUT2D eigenvalue weighted by Crippen LogP contribution is -2.28. The van der Waals surface area contributed by atoms with E-state index in [4.69, 9.17) is 11.6 Å². The predicted molar refractivity (Wildman–Crippen MR) is 77.2 cm³/mol. The Morgan fingerprint density at radius 2 is 2.39 bits per heavy atom. The molecule has 1 aromatic heterocycles. The topological polar surface area (TPSA) is 29.1 Å². The third-order valence-electron chi connectivity index (χ3n) is 3.47. The van der Waals surface area contributed by atoms with Crippen LogP contribution >= 0.6 is 22.9 Å². The minimum atomic E-state index is 0.185. The molecular weight excluding hydrogens is 266 g/mol. The summed E-state index contributed by atoms with van der Waals surface area (Å²) in [6, 6.07) is 4.18. The Hall–Kier alpha value is -0.540. The first kappa shape index (κ1) is 13.9. The number of nitrogens with one attached hydrogen (secondary N) is 1. The zero-order valence-electron chi connectivity index (χ0n) is 10.5. The predicted octanol–water partition coefficient (Wildman–Crippen LogP) is 3.59. The van der Waals surface area contributed by atoms with E-state index in [1.165, 1.54) is 4.88 Å². The first-order valence-electron chi connectivity index (χ1n) is 6.67. The Labute approximate surface area is 118 Å². The molecule has 100 valence electrons. The molecule has 1 fully saturated rings. The highest BCUT2D eigenvalue weighted by Gasteiger charge is 2.22. The lowest BCUT2D eigenvalue weighted by Gasteiger charge is -2.10. The van der Waals surface area contributed by atoms with Gasteiger partial charge < -0.3 is 5.32 Å². The van der Waals surface area contributed by atoms with Gasteiger partial charge in [0, 0.05) is 23.2 Å². The van der Waals surface area contributed by atoms with Crippen molar-refractivity contribution in [1.29, 1.82) is 0 Å². The molecule has 1 saturated carbocycles. The molecule has 2 unspecified atom stereocenters. The highest BCUT2D eigenvalue weighted by Crippen LogP contribution is 2.28. The van der Waals surface area contributed by atoms with Crippen molar-refractivity contribution < 1.29 is 4.79 Å². The summed E-state index contributed by atoms with van der Waals surface area (Å²) < 4.78 is 0. The minimum Gasteiger partial charge on any atom is -0.356 e. The Morgan fingerprint density at radius 1 is 1.50 bits per heavy atom. The lowest BCUT2D eigenvalue weighted by molar-refractivity contribution is -0.121. The van der Waals surface area contributed by atoms with Gasteiger partial charge in [0.15, 0.2) is 0 Å². The van der Waals surface area contributed by atoms with Gasteiger partial charge in [0.1, 0.15) is 0 Å². The van der Waals surface area contributed by atoms with Crippen molar-refractivity contribution in [1.82, 2.24) is 5.32 Å². The van der Waals surface area contributed by atoms with Gasteiger partial charge in [-0.2, -0.15) is 0 Å². The van der Waals surface area contributed by atoms with Crippen LogP contribution in [0.2, 0.25) is 0 Å². The summed E-state index contributed by atoms with van der Waals surface area (Å²) in [6.45, 7) is 0.807. The first-order valence-corrected chi connectivity index (χ1v) is 7.99. The van der Waals surface area contributed by atoms with Crippen LogP contribution in [0.15, 0.2) is 17.5 Å². The summed E-state index contributed by atoms with van der Waals surface area (Å²) >= 11 is 7.81. The Kier molecular flexibility index (Phi) is 5.51. The second-order valence-electron chi connectivity index (χ2n) is 5.01. The summed E-state index contributed by atoms with van der Waals surface area (Å²) in [5.74, 6) is 0.776. The van der Waals surface area contributed by atoms with Gasteiger partial charge in [-0.15, -0.1) is 22.9 Å². The van der Waals surface area contributed by atoms with E-state index in [-0.39, 0.29) is 5.91 Å². The zero-order valence-corrected chi connectivity index (χ0v) is 12.1. The van der Waals surface area contributed by atoms with Crippen molar-refractivity contribution in [2.24, 2.45) is 5.92 Å². The molecular formula is C14H20ClNOS. The molecule has 1 amide bonds. The highest BCUT2D eigenvalue weighted by atomic mass is 35.5. The largest absolute Gasteiger partial charge is 0.356 e. The van der Waals surface area contributed by atoms with Crippen LogP contribution in [0.3, 0.4) is 0 Å². The second-order valence-corrected chi connectivity index (χ2v) is 6.66. The highest BCUT2D eigenvalue weighted by molar-refractivity contribution is 7.09. The Balaban J connectivity index is 1.55. The van der Waals surface area contributed by atoms with E-state index in [2.05, 4.69) is 22.8 Å². The molecule has 2 rings (SSSR count). The number of hydrogen-bond acceptors (Lipinski definition) is 2. The SMILES string of the molecule is O=C(CCCc1cccs1)NCC1CCC(Cl)C1. The van der Waals surface area contributed by atoms with Gasteiger partial charge >= 0.3 is 0 Å². The van der Waals surface area contributed by atoms with Crippen LogP contribution < -0.4 is 5.32 Å². The van der Waals surface area contributed by atoms with Gasteiger partial charge in [-0.1, -0.05) is 6.07 Å². The third-order valence-corrected chi connectivity index (χ3v) is 4.80. The van der Waals surface area contributed by atoms with Crippen LogP contribution in [0.4, 0.5) is 0 Å². The fourth-order valence-corrected chi connectivity index (χ4v) is 3.55. The number of halogens is 1. The molecule has 0 aliphatic heterocycles. The molecule has 0 spiro atoms. The minimum absolute atomic E-state index is 0.185. The molecule has 18 heavy (non-hydrogen) atoms. The molecule has 1 N–H and O–H groups in total. The third kappa shape index (κ3) is 4.62. The van der Waals surface area contributed by atoms with Crippen LogP contribution in [0, 0.1) is 5.92 Å². The van der Waals surface area contributed by atoms with Gasteiger partial charge in [-0.05, 0) is 49.5 Å². The Morgan fingerprint density at radius 3 is 3.06 bits per heavy atom. The normalized spacial score (nSPS) is 23.2. The smallest absolute Gasteiger partial charge is 0.220 e. The van der Waals surface area contributed by atoms with E-state index in [1.807, 2.05) is 0 Å². The van der Waals surface area contributed by atoms with Crippen molar-refractivity contribution in [3.8, 4) is 0 Å². The summed E-state index contributed by atoms with van der Waals surface area (Å²) in [5.41, 5.74) is 0. The van der Waals surface area contributed by atoms with Crippen molar-refractivity contribution >= 4 is 28.8 Å². The molecule has 2 atom stereocenters. The average molecular weight is 286 g/mol. The second kappa shape index (κ2) is 7.15. The van der Waals surface area contributed by atoms with Crippen LogP contribution in [0.5, 0.6) is 0 Å². The summed E-state index contributed by atoms with van der Waals surface area (Å²) in [7, 11) is 0. The van der Waals surface area contributed by atoms with Crippen LogP contribution in [-0.4, -0.2) is 17.8 Å². The van der Waals surface area contributed by atoms with Crippen molar-refractivity contribution in [2.45, 2.75) is 43.9 Å². The van der Waals surface area contributed by atoms with Gasteiger partial charge in [0.05, 0.1) is 0 Å². The number of hydrogen-bond donors (Lipinski definition) is 1. The van der Waals surface area contributed by atoms with Crippen molar-refractivity contribution in [3.05, 3.63) is 22.4 Å². The first-order chi connectivity index (χ1) is 8.74. The van der Waals surface area contributed by atoms with Crippen molar-refractivity contribution in [3.63, 3.8) is 0 Å². The fourth-order valence-electron chi connectivity index (χ4n) is 2.42.